The first kappa shape index (κ1) is 14.2. The molecule has 3 unspecified atom stereocenters. The molecule has 1 aliphatic rings. The van der Waals surface area contributed by atoms with E-state index in [1.54, 1.807) is 14.2 Å². The third kappa shape index (κ3) is 3.21. The molecule has 0 aliphatic heterocycles. The van der Waals surface area contributed by atoms with Crippen molar-refractivity contribution in [2.24, 2.45) is 11.8 Å². The highest BCUT2D eigenvalue weighted by Crippen LogP contribution is 2.39. The van der Waals surface area contributed by atoms with E-state index in [1.165, 1.54) is 12.8 Å². The zero-order valence-electron chi connectivity index (χ0n) is 12.1. The predicted octanol–water partition coefficient (Wildman–Crippen LogP) is 3.56. The Hall–Kier alpha value is -1.22. The summed E-state index contributed by atoms with van der Waals surface area (Å²) in [5.41, 5.74) is 0.928. The third-order valence-corrected chi connectivity index (χ3v) is 4.17. The summed E-state index contributed by atoms with van der Waals surface area (Å²) in [5.74, 6) is 2.47. The van der Waals surface area contributed by atoms with Crippen LogP contribution in [0.5, 0.6) is 11.5 Å². The van der Waals surface area contributed by atoms with Crippen LogP contribution in [0.2, 0.25) is 0 Å². The maximum absolute atomic E-state index is 10.6. The molecular formula is C16H24O3. The largest absolute Gasteiger partial charge is 0.493 e. The Balaban J connectivity index is 2.16. The number of benzene rings is 1. The third-order valence-electron chi connectivity index (χ3n) is 4.17. The molecule has 3 nitrogen and oxygen atoms in total. The fourth-order valence-corrected chi connectivity index (χ4v) is 3.08. The van der Waals surface area contributed by atoms with Crippen molar-refractivity contribution in [1.82, 2.24) is 0 Å². The van der Waals surface area contributed by atoms with Crippen molar-refractivity contribution in [2.75, 3.05) is 14.2 Å². The van der Waals surface area contributed by atoms with Crippen molar-refractivity contribution < 1.29 is 14.6 Å². The molecule has 3 atom stereocenters. The molecule has 1 aliphatic carbocycles. The standard InChI is InChI=1S/C16H24O3/c1-11-5-4-6-12(9-11)16(17)13-7-8-14(18-2)15(10-13)19-3/h7-8,10-12,16-17H,4-6,9H2,1-3H3. The summed E-state index contributed by atoms with van der Waals surface area (Å²) < 4.78 is 10.5. The van der Waals surface area contributed by atoms with Crippen LogP contribution < -0.4 is 9.47 Å². The van der Waals surface area contributed by atoms with E-state index < -0.39 is 6.10 Å². The first-order chi connectivity index (χ1) is 9.15. The predicted molar refractivity (Wildman–Crippen MR) is 75.6 cm³/mol. The van der Waals surface area contributed by atoms with Crippen LogP contribution >= 0.6 is 0 Å². The molecule has 19 heavy (non-hydrogen) atoms. The molecule has 106 valence electrons. The first-order valence-electron chi connectivity index (χ1n) is 7.05. The lowest BCUT2D eigenvalue weighted by molar-refractivity contribution is 0.0712. The van der Waals surface area contributed by atoms with Crippen LogP contribution in [0.1, 0.15) is 44.3 Å². The summed E-state index contributed by atoms with van der Waals surface area (Å²) in [5, 5.41) is 10.6. The second kappa shape index (κ2) is 6.29. The maximum atomic E-state index is 10.6. The minimum absolute atomic E-state index is 0.363. The molecule has 1 saturated carbocycles. The van der Waals surface area contributed by atoms with Gasteiger partial charge < -0.3 is 14.6 Å². The lowest BCUT2D eigenvalue weighted by Crippen LogP contribution is -2.20. The molecule has 0 spiro atoms. The Morgan fingerprint density at radius 1 is 1.16 bits per heavy atom. The molecule has 2 rings (SSSR count). The monoisotopic (exact) mass is 264 g/mol. The second-order valence-electron chi connectivity index (χ2n) is 5.59. The van der Waals surface area contributed by atoms with E-state index in [0.717, 1.165) is 18.4 Å². The van der Waals surface area contributed by atoms with Gasteiger partial charge in [0.05, 0.1) is 20.3 Å². The Kier molecular flexibility index (Phi) is 4.70. The number of methoxy groups -OCH3 is 2. The summed E-state index contributed by atoms with van der Waals surface area (Å²) in [6.45, 7) is 2.27. The van der Waals surface area contributed by atoms with Gasteiger partial charge in [-0.1, -0.05) is 25.8 Å². The Bertz CT molecular complexity index is 416. The Morgan fingerprint density at radius 2 is 1.89 bits per heavy atom. The number of ether oxygens (including phenoxy) is 2. The van der Waals surface area contributed by atoms with Crippen LogP contribution in [0, 0.1) is 11.8 Å². The first-order valence-corrected chi connectivity index (χ1v) is 7.05. The van der Waals surface area contributed by atoms with Gasteiger partial charge in [-0.2, -0.15) is 0 Å². The Morgan fingerprint density at radius 3 is 2.53 bits per heavy atom. The van der Waals surface area contributed by atoms with Gasteiger partial charge in [0.15, 0.2) is 11.5 Å². The summed E-state index contributed by atoms with van der Waals surface area (Å²) in [6, 6.07) is 5.69. The lowest BCUT2D eigenvalue weighted by Gasteiger charge is -2.30. The molecule has 0 saturated heterocycles. The van der Waals surface area contributed by atoms with Crippen LogP contribution in [0.3, 0.4) is 0 Å². The molecule has 1 fully saturated rings. The normalized spacial score (nSPS) is 24.8. The molecule has 0 aromatic heterocycles. The summed E-state index contributed by atoms with van der Waals surface area (Å²) in [7, 11) is 3.24. The minimum Gasteiger partial charge on any atom is -0.493 e. The second-order valence-corrected chi connectivity index (χ2v) is 5.59. The van der Waals surface area contributed by atoms with Gasteiger partial charge in [-0.25, -0.2) is 0 Å². The van der Waals surface area contributed by atoms with Gasteiger partial charge in [0, 0.05) is 0 Å². The highest BCUT2D eigenvalue weighted by molar-refractivity contribution is 5.43. The quantitative estimate of drug-likeness (QED) is 0.903. The van der Waals surface area contributed by atoms with Crippen molar-refractivity contribution >= 4 is 0 Å². The van der Waals surface area contributed by atoms with E-state index >= 15 is 0 Å². The lowest BCUT2D eigenvalue weighted by atomic mass is 9.78. The number of hydrogen-bond acceptors (Lipinski definition) is 3. The van der Waals surface area contributed by atoms with Crippen LogP contribution in [0.25, 0.3) is 0 Å². The smallest absolute Gasteiger partial charge is 0.161 e. The molecule has 0 bridgehead atoms. The van der Waals surface area contributed by atoms with Crippen molar-refractivity contribution in [3.8, 4) is 11.5 Å². The van der Waals surface area contributed by atoms with Crippen LogP contribution in [0.4, 0.5) is 0 Å². The van der Waals surface area contributed by atoms with Crippen LogP contribution in [0.15, 0.2) is 18.2 Å². The molecular weight excluding hydrogens is 240 g/mol. The van der Waals surface area contributed by atoms with Gasteiger partial charge >= 0.3 is 0 Å². The molecule has 3 heteroatoms. The number of aliphatic hydroxyl groups excluding tert-OH is 1. The van der Waals surface area contributed by atoms with Crippen molar-refractivity contribution in [3.63, 3.8) is 0 Å². The maximum Gasteiger partial charge on any atom is 0.161 e. The fourth-order valence-electron chi connectivity index (χ4n) is 3.08. The van der Waals surface area contributed by atoms with Crippen LogP contribution in [-0.2, 0) is 0 Å². The molecule has 0 radical (unpaired) electrons. The minimum atomic E-state index is -0.400. The summed E-state index contributed by atoms with van der Waals surface area (Å²) in [4.78, 5) is 0. The van der Waals surface area contributed by atoms with Crippen molar-refractivity contribution in [3.05, 3.63) is 23.8 Å². The van der Waals surface area contributed by atoms with Gasteiger partial charge in [0.25, 0.3) is 0 Å². The van der Waals surface area contributed by atoms with E-state index in [0.29, 0.717) is 23.3 Å². The average Bonchev–Trinajstić information content (AvgIpc) is 2.45. The molecule has 0 amide bonds. The number of rotatable bonds is 4. The molecule has 1 N–H and O–H groups in total. The van der Waals surface area contributed by atoms with Gasteiger partial charge in [0.1, 0.15) is 0 Å². The van der Waals surface area contributed by atoms with E-state index in [2.05, 4.69) is 6.92 Å². The van der Waals surface area contributed by atoms with Gasteiger partial charge in [-0.3, -0.25) is 0 Å². The highest BCUT2D eigenvalue weighted by atomic mass is 16.5. The van der Waals surface area contributed by atoms with E-state index in [-0.39, 0.29) is 0 Å². The van der Waals surface area contributed by atoms with Crippen molar-refractivity contribution in [1.29, 1.82) is 0 Å². The average molecular weight is 264 g/mol. The van der Waals surface area contributed by atoms with Gasteiger partial charge in [-0.15, -0.1) is 0 Å². The van der Waals surface area contributed by atoms with E-state index in [1.807, 2.05) is 18.2 Å². The van der Waals surface area contributed by atoms with Crippen molar-refractivity contribution in [2.45, 2.75) is 38.7 Å². The molecule has 0 heterocycles. The fraction of sp³-hybridized carbons (Fsp3) is 0.625. The topological polar surface area (TPSA) is 38.7 Å². The van der Waals surface area contributed by atoms with Gasteiger partial charge in [0.2, 0.25) is 0 Å². The number of hydrogen-bond donors (Lipinski definition) is 1. The highest BCUT2D eigenvalue weighted by Gasteiger charge is 2.26. The SMILES string of the molecule is COc1ccc(C(O)C2CCCC(C)C2)cc1OC. The van der Waals surface area contributed by atoms with Crippen LogP contribution in [-0.4, -0.2) is 19.3 Å². The zero-order chi connectivity index (χ0) is 13.8. The summed E-state index contributed by atoms with van der Waals surface area (Å²) >= 11 is 0. The zero-order valence-corrected chi connectivity index (χ0v) is 12.1. The van der Waals surface area contributed by atoms with Gasteiger partial charge in [-0.05, 0) is 42.4 Å². The molecule has 1 aromatic carbocycles. The Labute approximate surface area is 115 Å². The molecule has 1 aromatic rings. The summed E-state index contributed by atoms with van der Waals surface area (Å²) in [6.07, 6.45) is 4.32. The van der Waals surface area contributed by atoms with E-state index in [4.69, 9.17) is 9.47 Å². The van der Waals surface area contributed by atoms with E-state index in [9.17, 15) is 5.11 Å². The number of aliphatic hydroxyl groups is 1.